The summed E-state index contributed by atoms with van der Waals surface area (Å²) in [5.74, 6) is -0.690. The Morgan fingerprint density at radius 3 is 1.77 bits per heavy atom. The van der Waals surface area contributed by atoms with Crippen molar-refractivity contribution in [3.05, 3.63) is 90.8 Å². The van der Waals surface area contributed by atoms with E-state index in [0.29, 0.717) is 55.1 Å². The Bertz CT molecular complexity index is 2300. The van der Waals surface area contributed by atoms with Crippen LogP contribution < -0.4 is 25.8 Å². The number of nitrogens with one attached hydrogen (secondary N) is 2. The molecule has 2 aliphatic heterocycles. The van der Waals surface area contributed by atoms with Crippen molar-refractivity contribution in [2.24, 2.45) is 14.1 Å². The highest BCUT2D eigenvalue weighted by Gasteiger charge is 2.32. The minimum Gasteiger partial charge on any atom is -0.492 e. The molecule has 2 amide bonds. The number of nitrogens with zero attached hydrogens (tertiary/aromatic N) is 6. The van der Waals surface area contributed by atoms with Crippen molar-refractivity contribution >= 4 is 35.0 Å². The lowest BCUT2D eigenvalue weighted by Crippen LogP contribution is -2.39. The maximum absolute atomic E-state index is 13.9. The zero-order valence-electron chi connectivity index (χ0n) is 34.6. The van der Waals surface area contributed by atoms with Crippen LogP contribution in [0.15, 0.2) is 79.1 Å². The standard InChI is InChI=1S/C25H27F2N5O4.C18H24N4O3/c1-31-21(9-10-28-31)18-15-17(29-25(34)30-20-7-5-16(26)14-19(20)27)6-8-23(18)36-13-12-32-11-3-4-22(32)24(33)35-2;1-21-15(7-8-20-21)14-12-13(19)5-6-17(14)25-11-10-22-9-3-4-16(22)18(23)24-2/h5-10,14-15,22H,3-4,11-13H2,1-2H3,(H2,29,30,34);5-8,12,16H,3-4,9-11,19H2,1-2H3. The number of nitrogens with two attached hydrogens (primary N) is 1. The Hall–Kier alpha value is -6.53. The second kappa shape index (κ2) is 20.6. The van der Waals surface area contributed by atoms with Gasteiger partial charge in [-0.15, -0.1) is 0 Å². The van der Waals surface area contributed by atoms with Crippen LogP contribution in [-0.2, 0) is 33.2 Å². The van der Waals surface area contributed by atoms with Crippen LogP contribution >= 0.6 is 0 Å². The number of halogens is 2. The maximum atomic E-state index is 13.9. The van der Waals surface area contributed by atoms with Gasteiger partial charge in [0.05, 0.1) is 31.3 Å². The summed E-state index contributed by atoms with van der Waals surface area (Å²) in [6.45, 7) is 3.74. The van der Waals surface area contributed by atoms with Crippen molar-refractivity contribution in [3.63, 3.8) is 0 Å². The number of aromatic nitrogens is 4. The summed E-state index contributed by atoms with van der Waals surface area (Å²) in [5, 5.41) is 13.4. The number of carbonyl (C=O) groups excluding carboxylic acids is 3. The van der Waals surface area contributed by atoms with Gasteiger partial charge in [0.25, 0.3) is 0 Å². The summed E-state index contributed by atoms with van der Waals surface area (Å²) in [5.41, 5.74) is 10.2. The van der Waals surface area contributed by atoms with E-state index in [1.165, 1.54) is 14.2 Å². The van der Waals surface area contributed by atoms with E-state index in [2.05, 4.69) is 25.7 Å². The number of aryl methyl sites for hydroxylation is 2. The van der Waals surface area contributed by atoms with E-state index in [4.69, 9.17) is 24.7 Å². The fourth-order valence-corrected chi connectivity index (χ4v) is 7.50. The number of hydrogen-bond donors (Lipinski definition) is 3. The number of methoxy groups -OCH3 is 2. The molecule has 0 saturated carbocycles. The summed E-state index contributed by atoms with van der Waals surface area (Å²) in [6.07, 6.45) is 6.92. The van der Waals surface area contributed by atoms with E-state index < -0.39 is 17.7 Å². The molecular weight excluding hydrogens is 793 g/mol. The Morgan fingerprint density at radius 1 is 0.721 bits per heavy atom. The largest absolute Gasteiger partial charge is 0.492 e. The molecule has 2 fully saturated rings. The number of urea groups is 1. The van der Waals surface area contributed by atoms with Crippen molar-refractivity contribution in [1.29, 1.82) is 0 Å². The first-order valence-electron chi connectivity index (χ1n) is 19.9. The summed E-state index contributed by atoms with van der Waals surface area (Å²) >= 11 is 0. The van der Waals surface area contributed by atoms with Gasteiger partial charge in [-0.05, 0) is 99.4 Å². The Morgan fingerprint density at radius 2 is 1.26 bits per heavy atom. The average Bonchev–Trinajstić information content (AvgIpc) is 4.09. The highest BCUT2D eigenvalue weighted by molar-refractivity contribution is 6.00. The fraction of sp³-hybridized carbons (Fsp3) is 0.372. The van der Waals surface area contributed by atoms with E-state index in [9.17, 15) is 23.2 Å². The van der Waals surface area contributed by atoms with Crippen LogP contribution in [0.25, 0.3) is 22.5 Å². The molecule has 5 aromatic rings. The van der Waals surface area contributed by atoms with Gasteiger partial charge in [0.15, 0.2) is 0 Å². The van der Waals surface area contributed by atoms with Gasteiger partial charge in [0.2, 0.25) is 0 Å². The van der Waals surface area contributed by atoms with E-state index in [1.54, 1.807) is 47.0 Å². The quantitative estimate of drug-likeness (QED) is 0.0917. The molecule has 0 aliphatic carbocycles. The Balaban J connectivity index is 0.000000218. The molecule has 2 unspecified atom stereocenters. The van der Waals surface area contributed by atoms with Crippen LogP contribution in [0.3, 0.4) is 0 Å². The first-order chi connectivity index (χ1) is 29.4. The molecular formula is C43H51F2N9O7. The molecule has 4 N–H and O–H groups in total. The first kappa shape index (κ1) is 44.0. The molecule has 61 heavy (non-hydrogen) atoms. The number of rotatable bonds is 14. The summed E-state index contributed by atoms with van der Waals surface area (Å²) < 4.78 is 52.3. The lowest BCUT2D eigenvalue weighted by atomic mass is 10.1. The number of benzene rings is 3. The van der Waals surface area contributed by atoms with Crippen LogP contribution in [0.5, 0.6) is 11.5 Å². The van der Waals surface area contributed by atoms with E-state index in [0.717, 1.165) is 73.6 Å². The molecule has 2 aromatic heterocycles. The maximum Gasteiger partial charge on any atom is 0.323 e. The molecule has 0 spiro atoms. The summed E-state index contributed by atoms with van der Waals surface area (Å²) in [7, 11) is 6.49. The highest BCUT2D eigenvalue weighted by atomic mass is 19.1. The molecule has 2 saturated heterocycles. The highest BCUT2D eigenvalue weighted by Crippen LogP contribution is 2.34. The third-order valence-electron chi connectivity index (χ3n) is 10.6. The van der Waals surface area contributed by atoms with Gasteiger partial charge in [-0.3, -0.25) is 28.8 Å². The fourth-order valence-electron chi connectivity index (χ4n) is 7.50. The number of amides is 2. The predicted molar refractivity (Wildman–Crippen MR) is 225 cm³/mol. The van der Waals surface area contributed by atoms with Crippen LogP contribution in [0.2, 0.25) is 0 Å². The first-order valence-corrected chi connectivity index (χ1v) is 19.9. The SMILES string of the molecule is COC(=O)C1CCCN1CCOc1ccc(N)cc1-c1ccnn1C.COC(=O)C1CCCN1CCOc1ccc(NC(=O)Nc2ccc(F)cc2F)cc1-c1ccnn1C. The molecule has 18 heteroatoms. The van der Waals surface area contributed by atoms with Crippen LogP contribution in [0.1, 0.15) is 25.7 Å². The van der Waals surface area contributed by atoms with Gasteiger partial charge >= 0.3 is 18.0 Å². The minimum atomic E-state index is -0.878. The number of esters is 2. The van der Waals surface area contributed by atoms with Gasteiger partial charge in [0, 0.05) is 68.1 Å². The van der Waals surface area contributed by atoms with Gasteiger partial charge in [-0.1, -0.05) is 0 Å². The number of hydrogen-bond acceptors (Lipinski definition) is 12. The topological polar surface area (TPSA) is 180 Å². The second-order valence-electron chi connectivity index (χ2n) is 14.5. The molecule has 0 bridgehead atoms. The zero-order valence-corrected chi connectivity index (χ0v) is 34.6. The molecule has 2 atom stereocenters. The number of ether oxygens (including phenoxy) is 4. The monoisotopic (exact) mass is 843 g/mol. The van der Waals surface area contributed by atoms with Crippen molar-refractivity contribution in [3.8, 4) is 34.0 Å². The van der Waals surface area contributed by atoms with Crippen molar-refractivity contribution in [1.82, 2.24) is 29.4 Å². The molecule has 4 heterocycles. The predicted octanol–water partition coefficient (Wildman–Crippen LogP) is 5.71. The van der Waals surface area contributed by atoms with Crippen LogP contribution in [0.4, 0.5) is 30.6 Å². The van der Waals surface area contributed by atoms with Gasteiger partial charge < -0.3 is 35.3 Å². The van der Waals surface area contributed by atoms with Crippen molar-refractivity contribution in [2.45, 2.75) is 37.8 Å². The summed E-state index contributed by atoms with van der Waals surface area (Å²) in [6, 6.07) is 16.2. The molecule has 324 valence electrons. The van der Waals surface area contributed by atoms with Gasteiger partial charge in [-0.25, -0.2) is 13.6 Å². The third kappa shape index (κ3) is 11.2. The Labute approximate surface area is 352 Å². The van der Waals surface area contributed by atoms with E-state index in [1.807, 2.05) is 42.3 Å². The van der Waals surface area contributed by atoms with Crippen LogP contribution in [-0.4, -0.2) is 113 Å². The van der Waals surface area contributed by atoms with E-state index >= 15 is 0 Å². The lowest BCUT2D eigenvalue weighted by molar-refractivity contribution is -0.146. The molecule has 3 aromatic carbocycles. The lowest BCUT2D eigenvalue weighted by Gasteiger charge is -2.22. The van der Waals surface area contributed by atoms with Crippen molar-refractivity contribution in [2.75, 3.05) is 70.0 Å². The third-order valence-corrected chi connectivity index (χ3v) is 10.6. The zero-order chi connectivity index (χ0) is 43.5. The molecule has 2 aliphatic rings. The Kier molecular flexibility index (Phi) is 14.9. The second-order valence-corrected chi connectivity index (χ2v) is 14.5. The van der Waals surface area contributed by atoms with Crippen LogP contribution in [0, 0.1) is 11.6 Å². The van der Waals surface area contributed by atoms with E-state index in [-0.39, 0.29) is 29.7 Å². The number of likely N-dealkylation sites (tertiary alicyclic amines) is 2. The number of anilines is 3. The van der Waals surface area contributed by atoms with Gasteiger partial charge in [-0.2, -0.15) is 10.2 Å². The molecule has 0 radical (unpaired) electrons. The summed E-state index contributed by atoms with van der Waals surface area (Å²) in [4.78, 5) is 40.4. The molecule has 16 nitrogen and oxygen atoms in total. The number of nitrogen functional groups attached to an aromatic ring is 1. The van der Waals surface area contributed by atoms with Gasteiger partial charge in [0.1, 0.15) is 48.4 Å². The molecule has 7 rings (SSSR count). The van der Waals surface area contributed by atoms with Crippen molar-refractivity contribution < 1.29 is 42.1 Å². The number of carbonyl (C=O) groups is 3. The smallest absolute Gasteiger partial charge is 0.323 e. The minimum absolute atomic E-state index is 0.145. The normalized spacial score (nSPS) is 16.4. The average molecular weight is 844 g/mol.